The van der Waals surface area contributed by atoms with Crippen molar-refractivity contribution < 1.29 is 28.9 Å². The van der Waals surface area contributed by atoms with Crippen LogP contribution in [-0.2, 0) is 11.2 Å². The predicted octanol–water partition coefficient (Wildman–Crippen LogP) is 6.95. The van der Waals surface area contributed by atoms with E-state index in [-0.39, 0.29) is 10.8 Å². The van der Waals surface area contributed by atoms with Crippen LogP contribution in [0.5, 0.6) is 23.0 Å². The Bertz CT molecular complexity index is 1240. The fourth-order valence-electron chi connectivity index (χ4n) is 4.00. The van der Waals surface area contributed by atoms with E-state index in [9.17, 15) is 14.7 Å². The smallest absolute Gasteiger partial charge is 0.311 e. The number of carboxylic acid groups (broad SMARTS) is 1. The van der Waals surface area contributed by atoms with E-state index in [1.807, 2.05) is 12.1 Å². The van der Waals surface area contributed by atoms with Crippen molar-refractivity contribution in [3.8, 4) is 23.0 Å². The fraction of sp³-hybridized carbons (Fsp3) is 0.259. The van der Waals surface area contributed by atoms with Crippen molar-refractivity contribution in [2.75, 3.05) is 13.7 Å². The number of ketones is 1. The van der Waals surface area contributed by atoms with Crippen LogP contribution < -0.4 is 14.2 Å². The molecule has 1 aliphatic heterocycles. The van der Waals surface area contributed by atoms with E-state index >= 15 is 0 Å². The molecule has 1 aliphatic rings. The van der Waals surface area contributed by atoms with Crippen molar-refractivity contribution in [2.45, 2.75) is 31.6 Å². The van der Waals surface area contributed by atoms with Crippen molar-refractivity contribution >= 4 is 35.0 Å². The lowest BCUT2D eigenvalue weighted by Gasteiger charge is -2.24. The van der Waals surface area contributed by atoms with E-state index in [1.54, 1.807) is 49.6 Å². The summed E-state index contributed by atoms with van der Waals surface area (Å²) in [7, 11) is 1.59. The van der Waals surface area contributed by atoms with Crippen molar-refractivity contribution in [1.29, 1.82) is 0 Å². The van der Waals surface area contributed by atoms with E-state index < -0.39 is 11.9 Å². The maximum Gasteiger partial charge on any atom is 0.311 e. The van der Waals surface area contributed by atoms with Gasteiger partial charge in [-0.3, -0.25) is 9.59 Å². The molecule has 8 heteroatoms. The Labute approximate surface area is 213 Å². The molecule has 0 amide bonds. The second-order valence-electron chi connectivity index (χ2n) is 8.21. The van der Waals surface area contributed by atoms with Crippen LogP contribution in [0.2, 0.25) is 10.0 Å². The zero-order valence-corrected chi connectivity index (χ0v) is 20.6. The Morgan fingerprint density at radius 2 is 1.77 bits per heavy atom. The number of ether oxygens (including phenoxy) is 3. The van der Waals surface area contributed by atoms with Gasteiger partial charge in [0.2, 0.25) is 0 Å². The zero-order valence-electron chi connectivity index (χ0n) is 19.1. The molecule has 1 atom stereocenters. The van der Waals surface area contributed by atoms with Gasteiger partial charge in [0.15, 0.2) is 5.78 Å². The van der Waals surface area contributed by atoms with Crippen LogP contribution in [-0.4, -0.2) is 30.6 Å². The number of Topliss-reactive ketones (excluding diaryl/α,β-unsaturated/α-hetero) is 1. The summed E-state index contributed by atoms with van der Waals surface area (Å²) in [6, 6.07) is 15.5. The first-order chi connectivity index (χ1) is 16.9. The van der Waals surface area contributed by atoms with E-state index in [0.717, 1.165) is 5.56 Å². The number of aryl methyl sites for hydroxylation is 1. The Hall–Kier alpha value is -3.22. The average Bonchev–Trinajstić information content (AvgIpc) is 2.85. The lowest BCUT2D eigenvalue weighted by atomic mass is 9.93. The lowest BCUT2D eigenvalue weighted by Crippen LogP contribution is -2.20. The number of benzene rings is 3. The fourth-order valence-corrected chi connectivity index (χ4v) is 4.48. The van der Waals surface area contributed by atoms with Crippen molar-refractivity contribution in [3.63, 3.8) is 0 Å². The molecule has 0 aromatic heterocycles. The molecule has 0 bridgehead atoms. The molecular weight excluding hydrogens is 491 g/mol. The molecule has 3 aromatic rings. The standard InChI is InChI=1S/C27H24Cl2O6/c1-33-19-10-5-16(22(28)13-19)3-2-4-24(30)17-6-8-18(9-7-17)35-26-15-25-21(14-23(26)29)20(27(31)32)11-12-34-25/h5-10,13-15,20H,2-4,11-12H2,1H3,(H,31,32). The van der Waals surface area contributed by atoms with Crippen LogP contribution in [0.4, 0.5) is 0 Å². The number of carbonyl (C=O) groups excluding carboxylic acids is 1. The topological polar surface area (TPSA) is 82.1 Å². The van der Waals surface area contributed by atoms with Gasteiger partial charge in [0.1, 0.15) is 23.0 Å². The lowest BCUT2D eigenvalue weighted by molar-refractivity contribution is -0.139. The molecule has 0 saturated carbocycles. The molecule has 0 spiro atoms. The summed E-state index contributed by atoms with van der Waals surface area (Å²) in [4.78, 5) is 24.1. The Kier molecular flexibility index (Phi) is 7.83. The van der Waals surface area contributed by atoms with Gasteiger partial charge >= 0.3 is 5.97 Å². The second kappa shape index (κ2) is 11.0. The number of aliphatic carboxylic acids is 1. The van der Waals surface area contributed by atoms with Gasteiger partial charge in [-0.1, -0.05) is 29.3 Å². The monoisotopic (exact) mass is 514 g/mol. The first-order valence-corrected chi connectivity index (χ1v) is 11.9. The van der Waals surface area contributed by atoms with Crippen LogP contribution in [0.3, 0.4) is 0 Å². The third-order valence-electron chi connectivity index (χ3n) is 5.92. The normalized spacial score (nSPS) is 14.5. The van der Waals surface area contributed by atoms with Gasteiger partial charge in [-0.15, -0.1) is 0 Å². The zero-order chi connectivity index (χ0) is 24.9. The number of hydrogen-bond acceptors (Lipinski definition) is 5. The number of carboxylic acids is 1. The van der Waals surface area contributed by atoms with E-state index in [2.05, 4.69) is 0 Å². The summed E-state index contributed by atoms with van der Waals surface area (Å²) in [5, 5.41) is 10.3. The summed E-state index contributed by atoms with van der Waals surface area (Å²) in [6.07, 6.45) is 2.14. The molecule has 1 heterocycles. The van der Waals surface area contributed by atoms with E-state index in [1.165, 1.54) is 0 Å². The number of methoxy groups -OCH3 is 1. The highest BCUT2D eigenvalue weighted by Gasteiger charge is 2.29. The van der Waals surface area contributed by atoms with Crippen LogP contribution in [0.25, 0.3) is 0 Å². The molecule has 1 unspecified atom stereocenters. The number of hydrogen-bond donors (Lipinski definition) is 1. The van der Waals surface area contributed by atoms with Gasteiger partial charge in [0.05, 0.1) is 24.7 Å². The van der Waals surface area contributed by atoms with Crippen LogP contribution in [0.15, 0.2) is 54.6 Å². The van der Waals surface area contributed by atoms with Crippen molar-refractivity contribution in [3.05, 3.63) is 81.3 Å². The van der Waals surface area contributed by atoms with Crippen LogP contribution >= 0.6 is 23.2 Å². The Morgan fingerprint density at radius 3 is 2.46 bits per heavy atom. The highest BCUT2D eigenvalue weighted by molar-refractivity contribution is 6.32. The third-order valence-corrected chi connectivity index (χ3v) is 6.56. The molecule has 3 aromatic carbocycles. The molecule has 1 N–H and O–H groups in total. The van der Waals surface area contributed by atoms with Crippen LogP contribution in [0, 0.1) is 0 Å². The molecule has 4 rings (SSSR count). The quantitative estimate of drug-likeness (QED) is 0.311. The Balaban J connectivity index is 1.37. The molecule has 0 aliphatic carbocycles. The number of rotatable bonds is 9. The van der Waals surface area contributed by atoms with E-state index in [4.69, 9.17) is 37.4 Å². The largest absolute Gasteiger partial charge is 0.497 e. The van der Waals surface area contributed by atoms with E-state index in [0.29, 0.717) is 71.4 Å². The summed E-state index contributed by atoms with van der Waals surface area (Å²) in [6.45, 7) is 0.312. The van der Waals surface area contributed by atoms with Gasteiger partial charge in [-0.25, -0.2) is 0 Å². The molecule has 35 heavy (non-hydrogen) atoms. The predicted molar refractivity (Wildman–Crippen MR) is 134 cm³/mol. The maximum absolute atomic E-state index is 12.6. The second-order valence-corrected chi connectivity index (χ2v) is 9.02. The minimum atomic E-state index is -0.911. The van der Waals surface area contributed by atoms with Gasteiger partial charge in [-0.05, 0) is 67.3 Å². The maximum atomic E-state index is 12.6. The molecule has 6 nitrogen and oxygen atoms in total. The van der Waals surface area contributed by atoms with Gasteiger partial charge < -0.3 is 19.3 Å². The molecule has 0 radical (unpaired) electrons. The summed E-state index contributed by atoms with van der Waals surface area (Å²) < 4.78 is 16.7. The van der Waals surface area contributed by atoms with Gasteiger partial charge in [0, 0.05) is 28.6 Å². The molecule has 182 valence electrons. The van der Waals surface area contributed by atoms with Gasteiger partial charge in [-0.2, -0.15) is 0 Å². The molecule has 0 saturated heterocycles. The van der Waals surface area contributed by atoms with Gasteiger partial charge in [0.25, 0.3) is 0 Å². The Morgan fingerprint density at radius 1 is 1.03 bits per heavy atom. The first kappa shape index (κ1) is 24.9. The number of halogens is 2. The highest BCUT2D eigenvalue weighted by Crippen LogP contribution is 2.41. The minimum Gasteiger partial charge on any atom is -0.497 e. The number of fused-ring (bicyclic) bond motifs is 1. The summed E-state index contributed by atoms with van der Waals surface area (Å²) in [5.41, 5.74) is 2.10. The minimum absolute atomic E-state index is 0.0288. The average molecular weight is 515 g/mol. The first-order valence-electron chi connectivity index (χ1n) is 11.2. The summed E-state index contributed by atoms with van der Waals surface area (Å²) >= 11 is 12.6. The molecular formula is C27H24Cl2O6. The third kappa shape index (κ3) is 5.89. The highest BCUT2D eigenvalue weighted by atomic mass is 35.5. The SMILES string of the molecule is COc1ccc(CCCC(=O)c2ccc(Oc3cc4c(cc3Cl)C(C(=O)O)CCO4)cc2)c(Cl)c1. The number of carbonyl (C=O) groups is 2. The summed E-state index contributed by atoms with van der Waals surface area (Å²) in [5.74, 6) is 0.465. The molecule has 0 fully saturated rings. The van der Waals surface area contributed by atoms with Crippen molar-refractivity contribution in [2.24, 2.45) is 0 Å². The van der Waals surface area contributed by atoms with Crippen LogP contribution in [0.1, 0.15) is 46.7 Å². The van der Waals surface area contributed by atoms with Crippen molar-refractivity contribution in [1.82, 2.24) is 0 Å².